The fourth-order valence-electron chi connectivity index (χ4n) is 2.01. The van der Waals surface area contributed by atoms with Crippen molar-refractivity contribution >= 4 is 11.8 Å². The average molecular weight is 275 g/mol. The Morgan fingerprint density at radius 1 is 1.26 bits per heavy atom. The third kappa shape index (κ3) is 3.38. The zero-order valence-electron chi connectivity index (χ0n) is 12.1. The van der Waals surface area contributed by atoms with E-state index in [2.05, 4.69) is 66.7 Å². The van der Waals surface area contributed by atoms with Crippen molar-refractivity contribution in [2.75, 3.05) is 0 Å². The average Bonchev–Trinajstić information content (AvgIpc) is 2.72. The van der Waals surface area contributed by atoms with Crippen LogP contribution in [-0.4, -0.2) is 20.0 Å². The smallest absolute Gasteiger partial charge is 0.191 e. The summed E-state index contributed by atoms with van der Waals surface area (Å²) in [4.78, 5) is 0. The third-order valence-electron chi connectivity index (χ3n) is 2.78. The molecule has 2 rings (SSSR count). The Balaban J connectivity index is 2.42. The predicted molar refractivity (Wildman–Crippen MR) is 81.5 cm³/mol. The van der Waals surface area contributed by atoms with E-state index in [9.17, 15) is 0 Å². The number of hydrogen-bond donors (Lipinski definition) is 0. The van der Waals surface area contributed by atoms with Gasteiger partial charge in [-0.2, -0.15) is 0 Å². The molecule has 1 heterocycles. The van der Waals surface area contributed by atoms with Crippen LogP contribution in [0.3, 0.4) is 0 Å². The van der Waals surface area contributed by atoms with Crippen molar-refractivity contribution in [2.24, 2.45) is 0 Å². The number of aromatic nitrogens is 3. The molecule has 2 aromatic rings. The fraction of sp³-hybridized carbons (Fsp3) is 0.467. The van der Waals surface area contributed by atoms with Gasteiger partial charge < -0.3 is 4.57 Å². The molecule has 0 saturated carbocycles. The minimum Gasteiger partial charge on any atom is -0.302 e. The molecule has 0 aliphatic rings. The zero-order chi connectivity index (χ0) is 13.8. The molecule has 3 nitrogen and oxygen atoms in total. The lowest BCUT2D eigenvalue weighted by Crippen LogP contribution is -2.03. The molecule has 0 radical (unpaired) electrons. The number of benzene rings is 1. The number of thioether (sulfide) groups is 1. The maximum Gasteiger partial charge on any atom is 0.191 e. The second-order valence-corrected chi connectivity index (χ2v) is 6.54. The zero-order valence-corrected chi connectivity index (χ0v) is 12.9. The minimum atomic E-state index is 0.519. The summed E-state index contributed by atoms with van der Waals surface area (Å²) in [5.74, 6) is 0.980. The molecular weight excluding hydrogens is 254 g/mol. The van der Waals surface area contributed by atoms with E-state index >= 15 is 0 Å². The summed E-state index contributed by atoms with van der Waals surface area (Å²) in [5, 5.41) is 10.3. The van der Waals surface area contributed by atoms with Crippen molar-refractivity contribution in [2.45, 2.75) is 51.1 Å². The van der Waals surface area contributed by atoms with Crippen LogP contribution in [0.4, 0.5) is 0 Å². The summed E-state index contributed by atoms with van der Waals surface area (Å²) in [6, 6.07) is 8.45. The molecule has 0 saturated heterocycles. The number of aryl methyl sites for hydroxylation is 1. The summed E-state index contributed by atoms with van der Waals surface area (Å²) in [7, 11) is 0. The molecule has 0 fully saturated rings. The minimum absolute atomic E-state index is 0.519. The van der Waals surface area contributed by atoms with E-state index in [0.717, 1.165) is 29.5 Å². The van der Waals surface area contributed by atoms with Crippen molar-refractivity contribution < 1.29 is 0 Å². The Hall–Kier alpha value is -1.29. The van der Waals surface area contributed by atoms with Crippen LogP contribution in [0.25, 0.3) is 11.4 Å². The lowest BCUT2D eigenvalue weighted by molar-refractivity contribution is 0.625. The quantitative estimate of drug-likeness (QED) is 0.767. The highest BCUT2D eigenvalue weighted by molar-refractivity contribution is 7.99. The molecule has 0 unspecified atom stereocenters. The molecule has 0 aliphatic carbocycles. The van der Waals surface area contributed by atoms with Crippen LogP contribution in [0.2, 0.25) is 0 Å². The summed E-state index contributed by atoms with van der Waals surface area (Å²) < 4.78 is 2.24. The number of hydrogen-bond acceptors (Lipinski definition) is 3. The van der Waals surface area contributed by atoms with Crippen LogP contribution >= 0.6 is 11.8 Å². The van der Waals surface area contributed by atoms with Gasteiger partial charge in [0.05, 0.1) is 0 Å². The van der Waals surface area contributed by atoms with E-state index in [0.29, 0.717) is 5.25 Å². The SMILES string of the molecule is CCCn1c(SC(C)C)nnc1-c1cccc(C)c1. The summed E-state index contributed by atoms with van der Waals surface area (Å²) >= 11 is 1.77. The van der Waals surface area contributed by atoms with Crippen LogP contribution in [0.1, 0.15) is 32.8 Å². The Bertz CT molecular complexity index is 546. The van der Waals surface area contributed by atoms with E-state index in [4.69, 9.17) is 0 Å². The Labute approximate surface area is 119 Å². The Morgan fingerprint density at radius 3 is 2.68 bits per heavy atom. The molecule has 102 valence electrons. The van der Waals surface area contributed by atoms with Crippen LogP contribution in [0.5, 0.6) is 0 Å². The maximum absolute atomic E-state index is 4.39. The first kappa shape index (κ1) is 14.1. The van der Waals surface area contributed by atoms with Crippen LogP contribution in [0.15, 0.2) is 29.4 Å². The highest BCUT2D eigenvalue weighted by Crippen LogP contribution is 2.27. The lowest BCUT2D eigenvalue weighted by atomic mass is 10.1. The molecule has 0 aliphatic heterocycles. The molecule has 0 spiro atoms. The fourth-order valence-corrected chi connectivity index (χ4v) is 2.82. The first-order chi connectivity index (χ1) is 9.11. The van der Waals surface area contributed by atoms with Crippen molar-refractivity contribution in [1.82, 2.24) is 14.8 Å². The first-order valence-electron chi connectivity index (χ1n) is 6.78. The van der Waals surface area contributed by atoms with E-state index < -0.39 is 0 Å². The van der Waals surface area contributed by atoms with Crippen molar-refractivity contribution in [3.05, 3.63) is 29.8 Å². The van der Waals surface area contributed by atoms with Crippen LogP contribution < -0.4 is 0 Å². The van der Waals surface area contributed by atoms with Gasteiger partial charge in [-0.3, -0.25) is 0 Å². The highest BCUT2D eigenvalue weighted by Gasteiger charge is 2.14. The molecule has 0 N–H and O–H groups in total. The van der Waals surface area contributed by atoms with Crippen molar-refractivity contribution in [1.29, 1.82) is 0 Å². The monoisotopic (exact) mass is 275 g/mol. The highest BCUT2D eigenvalue weighted by atomic mass is 32.2. The largest absolute Gasteiger partial charge is 0.302 e. The molecular formula is C15H21N3S. The van der Waals surface area contributed by atoms with Gasteiger partial charge in [0.1, 0.15) is 0 Å². The number of nitrogens with zero attached hydrogens (tertiary/aromatic N) is 3. The molecule has 1 aromatic heterocycles. The molecule has 0 amide bonds. The summed E-state index contributed by atoms with van der Waals surface area (Å²) in [6.07, 6.45) is 1.09. The second kappa shape index (κ2) is 6.24. The number of rotatable bonds is 5. The topological polar surface area (TPSA) is 30.7 Å². The third-order valence-corrected chi connectivity index (χ3v) is 3.77. The second-order valence-electron chi connectivity index (χ2n) is 4.99. The molecule has 1 aromatic carbocycles. The van der Waals surface area contributed by atoms with E-state index in [1.54, 1.807) is 11.8 Å². The van der Waals surface area contributed by atoms with Gasteiger partial charge in [-0.05, 0) is 19.4 Å². The Kier molecular flexibility index (Phi) is 4.64. The Morgan fingerprint density at radius 2 is 2.05 bits per heavy atom. The lowest BCUT2D eigenvalue weighted by Gasteiger charge is -2.10. The van der Waals surface area contributed by atoms with Crippen molar-refractivity contribution in [3.8, 4) is 11.4 Å². The molecule has 4 heteroatoms. The molecule has 0 atom stereocenters. The van der Waals surface area contributed by atoms with Gasteiger partial charge in [0, 0.05) is 17.4 Å². The van der Waals surface area contributed by atoms with Gasteiger partial charge in [0.2, 0.25) is 0 Å². The molecule has 19 heavy (non-hydrogen) atoms. The van der Waals surface area contributed by atoms with E-state index in [-0.39, 0.29) is 0 Å². The summed E-state index contributed by atoms with van der Waals surface area (Å²) in [6.45, 7) is 9.62. The van der Waals surface area contributed by atoms with E-state index in [1.165, 1.54) is 5.56 Å². The normalized spacial score (nSPS) is 11.2. The van der Waals surface area contributed by atoms with E-state index in [1.807, 2.05) is 0 Å². The van der Waals surface area contributed by atoms with Crippen molar-refractivity contribution in [3.63, 3.8) is 0 Å². The first-order valence-corrected chi connectivity index (χ1v) is 7.66. The van der Waals surface area contributed by atoms with Gasteiger partial charge >= 0.3 is 0 Å². The van der Waals surface area contributed by atoms with Gasteiger partial charge in [-0.15, -0.1) is 10.2 Å². The van der Waals surface area contributed by atoms with Gasteiger partial charge in [-0.25, -0.2) is 0 Å². The van der Waals surface area contributed by atoms with Crippen LogP contribution in [-0.2, 0) is 6.54 Å². The molecule has 0 bridgehead atoms. The van der Waals surface area contributed by atoms with Gasteiger partial charge in [-0.1, -0.05) is 56.3 Å². The maximum atomic E-state index is 4.39. The van der Waals surface area contributed by atoms with Gasteiger partial charge in [0.15, 0.2) is 11.0 Å². The summed E-state index contributed by atoms with van der Waals surface area (Å²) in [5.41, 5.74) is 2.40. The predicted octanol–water partition coefficient (Wildman–Crippen LogP) is 4.16. The standard InChI is InChI=1S/C15H21N3S/c1-5-9-18-14(13-8-6-7-12(4)10-13)16-17-15(18)19-11(2)3/h6-8,10-11H,5,9H2,1-4H3. The van der Waals surface area contributed by atoms with Gasteiger partial charge in [0.25, 0.3) is 0 Å². The van der Waals surface area contributed by atoms with Crippen LogP contribution in [0, 0.1) is 6.92 Å².